The lowest BCUT2D eigenvalue weighted by Crippen LogP contribution is -2.12. The van der Waals surface area contributed by atoms with Crippen molar-refractivity contribution in [3.63, 3.8) is 0 Å². The highest BCUT2D eigenvalue weighted by molar-refractivity contribution is 7.80. The molecule has 20 heavy (non-hydrogen) atoms. The zero-order chi connectivity index (χ0) is 14.9. The fourth-order valence-corrected chi connectivity index (χ4v) is 2.27. The monoisotopic (exact) mass is 332 g/mol. The SMILES string of the molecule is NC(=S)c1cc(F)ccc1Nc1cc(Cl)c(F)c(Cl)c1. The maximum absolute atomic E-state index is 13.3. The van der Waals surface area contributed by atoms with E-state index in [0.717, 1.165) is 0 Å². The third-order valence-electron chi connectivity index (χ3n) is 2.51. The van der Waals surface area contributed by atoms with Gasteiger partial charge in [-0.2, -0.15) is 0 Å². The van der Waals surface area contributed by atoms with Crippen LogP contribution < -0.4 is 11.1 Å². The molecular formula is C13H8Cl2F2N2S. The van der Waals surface area contributed by atoms with E-state index in [-0.39, 0.29) is 15.0 Å². The smallest absolute Gasteiger partial charge is 0.160 e. The van der Waals surface area contributed by atoms with Crippen LogP contribution in [0.15, 0.2) is 30.3 Å². The fourth-order valence-electron chi connectivity index (χ4n) is 1.61. The molecule has 7 heteroatoms. The van der Waals surface area contributed by atoms with Gasteiger partial charge >= 0.3 is 0 Å². The van der Waals surface area contributed by atoms with Crippen LogP contribution in [0.4, 0.5) is 20.2 Å². The van der Waals surface area contributed by atoms with Gasteiger partial charge in [0.05, 0.1) is 10.0 Å². The van der Waals surface area contributed by atoms with E-state index in [0.29, 0.717) is 16.9 Å². The number of rotatable bonds is 3. The summed E-state index contributed by atoms with van der Waals surface area (Å²) in [6, 6.07) is 6.63. The van der Waals surface area contributed by atoms with Gasteiger partial charge in [0, 0.05) is 16.9 Å². The van der Waals surface area contributed by atoms with Crippen molar-refractivity contribution >= 4 is 51.8 Å². The Bertz CT molecular complexity index is 669. The average Bonchev–Trinajstić information content (AvgIpc) is 2.37. The van der Waals surface area contributed by atoms with Gasteiger partial charge in [0.25, 0.3) is 0 Å². The first-order chi connectivity index (χ1) is 9.38. The van der Waals surface area contributed by atoms with Crippen molar-refractivity contribution in [2.24, 2.45) is 5.73 Å². The molecule has 0 heterocycles. The number of nitrogens with two attached hydrogens (primary N) is 1. The topological polar surface area (TPSA) is 38.0 Å². The Hall–Kier alpha value is -1.43. The van der Waals surface area contributed by atoms with Crippen molar-refractivity contribution in [1.29, 1.82) is 0 Å². The maximum Gasteiger partial charge on any atom is 0.160 e. The molecule has 0 bridgehead atoms. The molecule has 0 unspecified atom stereocenters. The van der Waals surface area contributed by atoms with Crippen molar-refractivity contribution in [2.75, 3.05) is 5.32 Å². The van der Waals surface area contributed by atoms with Gasteiger partial charge in [0.15, 0.2) is 5.82 Å². The summed E-state index contributed by atoms with van der Waals surface area (Å²) >= 11 is 16.3. The van der Waals surface area contributed by atoms with Gasteiger partial charge in [-0.25, -0.2) is 8.78 Å². The van der Waals surface area contributed by atoms with Crippen LogP contribution in [0.5, 0.6) is 0 Å². The number of halogens is 4. The Morgan fingerprint density at radius 1 is 1.10 bits per heavy atom. The lowest BCUT2D eigenvalue weighted by Gasteiger charge is -2.12. The molecule has 0 amide bonds. The Kier molecular flexibility index (Phi) is 4.42. The summed E-state index contributed by atoms with van der Waals surface area (Å²) < 4.78 is 26.5. The molecule has 104 valence electrons. The van der Waals surface area contributed by atoms with E-state index in [1.807, 2.05) is 0 Å². The van der Waals surface area contributed by atoms with Crippen molar-refractivity contribution in [2.45, 2.75) is 0 Å². The number of benzene rings is 2. The standard InChI is InChI=1S/C13H8Cl2F2N2S/c14-9-4-7(5-10(15)12(9)17)19-11-2-1-6(16)3-8(11)13(18)20/h1-5,19H,(H2,18,20). The second kappa shape index (κ2) is 5.91. The number of hydrogen-bond acceptors (Lipinski definition) is 2. The summed E-state index contributed by atoms with van der Waals surface area (Å²) in [6.45, 7) is 0. The summed E-state index contributed by atoms with van der Waals surface area (Å²) in [5, 5.41) is 2.67. The highest BCUT2D eigenvalue weighted by Crippen LogP contribution is 2.30. The predicted octanol–water partition coefficient (Wildman–Crippen LogP) is 4.65. The highest BCUT2D eigenvalue weighted by Gasteiger charge is 2.11. The third-order valence-corrected chi connectivity index (χ3v) is 3.28. The van der Waals surface area contributed by atoms with E-state index in [9.17, 15) is 8.78 Å². The minimum Gasteiger partial charge on any atom is -0.389 e. The van der Waals surface area contributed by atoms with E-state index < -0.39 is 11.6 Å². The highest BCUT2D eigenvalue weighted by atomic mass is 35.5. The molecule has 2 aromatic carbocycles. The molecule has 0 aromatic heterocycles. The third kappa shape index (κ3) is 3.17. The summed E-state index contributed by atoms with van der Waals surface area (Å²) in [5.41, 5.74) is 6.77. The van der Waals surface area contributed by atoms with E-state index in [4.69, 9.17) is 41.2 Å². The van der Waals surface area contributed by atoms with Crippen LogP contribution in [0.2, 0.25) is 10.0 Å². The first-order valence-electron chi connectivity index (χ1n) is 5.39. The van der Waals surface area contributed by atoms with E-state index in [2.05, 4.69) is 5.32 Å². The van der Waals surface area contributed by atoms with Crippen molar-refractivity contribution < 1.29 is 8.78 Å². The second-order valence-electron chi connectivity index (χ2n) is 3.93. The van der Waals surface area contributed by atoms with Crippen LogP contribution in [0, 0.1) is 11.6 Å². The molecule has 0 atom stereocenters. The van der Waals surface area contributed by atoms with E-state index in [1.165, 1.54) is 30.3 Å². The molecular weight excluding hydrogens is 325 g/mol. The van der Waals surface area contributed by atoms with Gasteiger partial charge in [-0.3, -0.25) is 0 Å². The molecule has 2 aromatic rings. The lowest BCUT2D eigenvalue weighted by molar-refractivity contribution is 0.628. The van der Waals surface area contributed by atoms with Crippen molar-refractivity contribution in [1.82, 2.24) is 0 Å². The van der Waals surface area contributed by atoms with Crippen LogP contribution in [0.3, 0.4) is 0 Å². The van der Waals surface area contributed by atoms with Crippen LogP contribution in [0.1, 0.15) is 5.56 Å². The van der Waals surface area contributed by atoms with Crippen LogP contribution in [0.25, 0.3) is 0 Å². The molecule has 2 nitrogen and oxygen atoms in total. The van der Waals surface area contributed by atoms with E-state index >= 15 is 0 Å². The van der Waals surface area contributed by atoms with Crippen LogP contribution in [-0.2, 0) is 0 Å². The number of anilines is 2. The quantitative estimate of drug-likeness (QED) is 0.634. The average molecular weight is 333 g/mol. The van der Waals surface area contributed by atoms with Crippen molar-refractivity contribution in [3.8, 4) is 0 Å². The molecule has 0 spiro atoms. The second-order valence-corrected chi connectivity index (χ2v) is 5.19. The van der Waals surface area contributed by atoms with Gasteiger partial charge in [-0.05, 0) is 30.3 Å². The van der Waals surface area contributed by atoms with Gasteiger partial charge in [0.1, 0.15) is 10.8 Å². The number of nitrogens with one attached hydrogen (secondary N) is 1. The molecule has 0 fully saturated rings. The summed E-state index contributed by atoms with van der Waals surface area (Å²) in [5.74, 6) is -1.17. The van der Waals surface area contributed by atoms with Crippen LogP contribution >= 0.6 is 35.4 Å². The first-order valence-corrected chi connectivity index (χ1v) is 6.56. The Balaban J connectivity index is 2.42. The minimum absolute atomic E-state index is 0.0336. The summed E-state index contributed by atoms with van der Waals surface area (Å²) in [7, 11) is 0. The molecule has 0 radical (unpaired) electrons. The maximum atomic E-state index is 13.3. The summed E-state index contributed by atoms with van der Waals surface area (Å²) in [4.78, 5) is 0.0336. The van der Waals surface area contributed by atoms with Gasteiger partial charge in [-0.1, -0.05) is 35.4 Å². The molecule has 0 saturated carbocycles. The molecule has 0 saturated heterocycles. The molecule has 3 N–H and O–H groups in total. The molecule has 2 rings (SSSR count). The molecule has 0 aliphatic rings. The van der Waals surface area contributed by atoms with Gasteiger partial charge in [-0.15, -0.1) is 0 Å². The van der Waals surface area contributed by atoms with Crippen molar-refractivity contribution in [3.05, 3.63) is 57.6 Å². The number of thiocarbonyl (C=S) groups is 1. The van der Waals surface area contributed by atoms with E-state index in [1.54, 1.807) is 0 Å². The minimum atomic E-state index is -0.701. The lowest BCUT2D eigenvalue weighted by atomic mass is 10.1. The Morgan fingerprint density at radius 2 is 1.70 bits per heavy atom. The van der Waals surface area contributed by atoms with Crippen LogP contribution in [-0.4, -0.2) is 4.99 Å². The Labute approximate surface area is 129 Å². The normalized spacial score (nSPS) is 10.4. The molecule has 0 aliphatic heterocycles. The summed E-state index contributed by atoms with van der Waals surface area (Å²) in [6.07, 6.45) is 0. The predicted molar refractivity (Wildman–Crippen MR) is 82.0 cm³/mol. The first kappa shape index (κ1) is 15.0. The Morgan fingerprint density at radius 3 is 2.25 bits per heavy atom. The van der Waals surface area contributed by atoms with Gasteiger partial charge < -0.3 is 11.1 Å². The molecule has 0 aliphatic carbocycles. The largest absolute Gasteiger partial charge is 0.389 e. The zero-order valence-corrected chi connectivity index (χ0v) is 12.2. The fraction of sp³-hybridized carbons (Fsp3) is 0. The zero-order valence-electron chi connectivity index (χ0n) is 9.88. The van der Waals surface area contributed by atoms with Gasteiger partial charge in [0.2, 0.25) is 0 Å². The number of hydrogen-bond donors (Lipinski definition) is 2.